The predicted octanol–water partition coefficient (Wildman–Crippen LogP) is 3.49. The molecule has 1 aliphatic carbocycles. The van der Waals surface area contributed by atoms with Gasteiger partial charge in [-0.3, -0.25) is 4.79 Å². The van der Waals surface area contributed by atoms with E-state index in [0.29, 0.717) is 0 Å². The Morgan fingerprint density at radius 3 is 2.56 bits per heavy atom. The molecule has 1 aromatic rings. The van der Waals surface area contributed by atoms with E-state index in [-0.39, 0.29) is 11.8 Å². The summed E-state index contributed by atoms with van der Waals surface area (Å²) in [5, 5.41) is 2.96. The first kappa shape index (κ1) is 11.5. The Kier molecular flexibility index (Phi) is 3.88. The van der Waals surface area contributed by atoms with Gasteiger partial charge < -0.3 is 5.32 Å². The molecule has 0 bridgehead atoms. The Hall–Kier alpha value is -0.960. The maximum Gasteiger partial charge on any atom is 0.227 e. The minimum atomic E-state index is 0.154. The number of hydrogen-bond donors (Lipinski definition) is 2. The highest BCUT2D eigenvalue weighted by atomic mass is 32.1. The van der Waals surface area contributed by atoms with E-state index in [1.165, 1.54) is 19.3 Å². The van der Waals surface area contributed by atoms with Crippen molar-refractivity contribution in [2.45, 2.75) is 37.0 Å². The normalized spacial score (nSPS) is 17.1. The molecule has 2 rings (SSSR count). The number of carbonyl (C=O) groups excluding carboxylic acids is 1. The highest BCUT2D eigenvalue weighted by Gasteiger charge is 2.21. The van der Waals surface area contributed by atoms with Crippen molar-refractivity contribution in [3.05, 3.63) is 24.3 Å². The molecule has 16 heavy (non-hydrogen) atoms. The number of benzene rings is 1. The van der Waals surface area contributed by atoms with E-state index in [0.717, 1.165) is 23.4 Å². The molecule has 0 saturated heterocycles. The zero-order chi connectivity index (χ0) is 11.4. The van der Waals surface area contributed by atoms with Crippen molar-refractivity contribution in [1.29, 1.82) is 0 Å². The van der Waals surface area contributed by atoms with Crippen molar-refractivity contribution >= 4 is 24.2 Å². The number of anilines is 1. The molecule has 1 aliphatic rings. The van der Waals surface area contributed by atoms with Crippen LogP contribution < -0.4 is 5.32 Å². The fraction of sp³-hybridized carbons (Fsp3) is 0.462. The molecule has 0 spiro atoms. The van der Waals surface area contributed by atoms with Crippen LogP contribution in [0.15, 0.2) is 29.2 Å². The van der Waals surface area contributed by atoms with E-state index in [2.05, 4.69) is 17.9 Å². The molecule has 3 heteroatoms. The van der Waals surface area contributed by atoms with E-state index >= 15 is 0 Å². The number of carbonyl (C=O) groups is 1. The first-order chi connectivity index (χ1) is 7.77. The SMILES string of the molecule is O=C(Nc1ccccc1S)C1CCCCC1. The van der Waals surface area contributed by atoms with Gasteiger partial charge in [0.25, 0.3) is 0 Å². The maximum atomic E-state index is 12.0. The van der Waals surface area contributed by atoms with Gasteiger partial charge in [0, 0.05) is 10.8 Å². The second-order valence-electron chi connectivity index (χ2n) is 4.34. The average Bonchev–Trinajstić information content (AvgIpc) is 2.33. The van der Waals surface area contributed by atoms with E-state index in [1.54, 1.807) is 0 Å². The van der Waals surface area contributed by atoms with Gasteiger partial charge in [0.1, 0.15) is 0 Å². The Morgan fingerprint density at radius 1 is 1.19 bits per heavy atom. The Labute approximate surface area is 102 Å². The van der Waals surface area contributed by atoms with E-state index < -0.39 is 0 Å². The van der Waals surface area contributed by atoms with Crippen LogP contribution in [0.4, 0.5) is 5.69 Å². The standard InChI is InChI=1S/C13H17NOS/c15-13(10-6-2-1-3-7-10)14-11-8-4-5-9-12(11)16/h4-5,8-10,16H,1-3,6-7H2,(H,14,15). The third kappa shape index (κ3) is 2.79. The lowest BCUT2D eigenvalue weighted by molar-refractivity contribution is -0.120. The smallest absolute Gasteiger partial charge is 0.227 e. The molecule has 0 unspecified atom stereocenters. The fourth-order valence-electron chi connectivity index (χ4n) is 2.18. The van der Waals surface area contributed by atoms with E-state index in [9.17, 15) is 4.79 Å². The van der Waals surface area contributed by atoms with E-state index in [1.807, 2.05) is 24.3 Å². The van der Waals surface area contributed by atoms with E-state index in [4.69, 9.17) is 0 Å². The van der Waals surface area contributed by atoms with Crippen LogP contribution in [0.3, 0.4) is 0 Å². The molecule has 86 valence electrons. The summed E-state index contributed by atoms with van der Waals surface area (Å²) in [5.41, 5.74) is 0.821. The van der Waals surface area contributed by atoms with Crippen LogP contribution in [-0.2, 0) is 4.79 Å². The second kappa shape index (κ2) is 5.39. The molecule has 1 fully saturated rings. The molecular formula is C13H17NOS. The van der Waals surface area contributed by atoms with Gasteiger partial charge in [-0.2, -0.15) is 0 Å². The lowest BCUT2D eigenvalue weighted by Gasteiger charge is -2.21. The van der Waals surface area contributed by atoms with Gasteiger partial charge in [-0.1, -0.05) is 31.4 Å². The molecule has 1 saturated carbocycles. The molecule has 2 nitrogen and oxygen atoms in total. The van der Waals surface area contributed by atoms with Crippen LogP contribution in [0, 0.1) is 5.92 Å². The molecule has 0 heterocycles. The summed E-state index contributed by atoms with van der Waals surface area (Å²) in [6, 6.07) is 7.61. The average molecular weight is 235 g/mol. The topological polar surface area (TPSA) is 29.1 Å². The molecule has 0 aliphatic heterocycles. The van der Waals surface area contributed by atoms with Gasteiger partial charge in [-0.25, -0.2) is 0 Å². The number of amides is 1. The molecule has 1 amide bonds. The maximum absolute atomic E-state index is 12.0. The van der Waals surface area contributed by atoms with Crippen LogP contribution in [-0.4, -0.2) is 5.91 Å². The second-order valence-corrected chi connectivity index (χ2v) is 4.82. The number of rotatable bonds is 2. The number of nitrogens with one attached hydrogen (secondary N) is 1. The van der Waals surface area contributed by atoms with Crippen LogP contribution in [0.5, 0.6) is 0 Å². The highest BCUT2D eigenvalue weighted by Crippen LogP contribution is 2.26. The first-order valence-corrected chi connectivity index (χ1v) is 6.31. The van der Waals surface area contributed by atoms with Crippen molar-refractivity contribution < 1.29 is 4.79 Å². The quantitative estimate of drug-likeness (QED) is 0.755. The molecular weight excluding hydrogens is 218 g/mol. The molecule has 0 atom stereocenters. The molecule has 1 N–H and O–H groups in total. The van der Waals surface area contributed by atoms with Crippen molar-refractivity contribution in [2.75, 3.05) is 5.32 Å². The fourth-order valence-corrected chi connectivity index (χ4v) is 2.40. The van der Waals surface area contributed by atoms with Crippen LogP contribution in [0.25, 0.3) is 0 Å². The third-order valence-corrected chi connectivity index (χ3v) is 3.53. The summed E-state index contributed by atoms with van der Waals surface area (Å²) >= 11 is 4.32. The Morgan fingerprint density at radius 2 is 1.88 bits per heavy atom. The summed E-state index contributed by atoms with van der Waals surface area (Å²) in [6.07, 6.45) is 5.69. The minimum Gasteiger partial charge on any atom is -0.325 e. The lowest BCUT2D eigenvalue weighted by Crippen LogP contribution is -2.24. The third-order valence-electron chi connectivity index (χ3n) is 3.14. The number of hydrogen-bond acceptors (Lipinski definition) is 2. The van der Waals surface area contributed by atoms with Crippen molar-refractivity contribution in [2.24, 2.45) is 5.92 Å². The van der Waals surface area contributed by atoms with Gasteiger partial charge in [-0.05, 0) is 25.0 Å². The summed E-state index contributed by atoms with van der Waals surface area (Å²) < 4.78 is 0. The Bertz CT molecular complexity index is 372. The van der Waals surface area contributed by atoms with Crippen LogP contribution in [0.1, 0.15) is 32.1 Å². The van der Waals surface area contributed by atoms with Gasteiger partial charge >= 0.3 is 0 Å². The monoisotopic (exact) mass is 235 g/mol. The van der Waals surface area contributed by atoms with Crippen molar-refractivity contribution in [3.8, 4) is 0 Å². The Balaban J connectivity index is 1.99. The minimum absolute atomic E-state index is 0.154. The summed E-state index contributed by atoms with van der Waals surface area (Å²) in [6.45, 7) is 0. The summed E-state index contributed by atoms with van der Waals surface area (Å²) in [7, 11) is 0. The molecule has 0 aromatic heterocycles. The number of para-hydroxylation sites is 1. The zero-order valence-electron chi connectivity index (χ0n) is 9.28. The first-order valence-electron chi connectivity index (χ1n) is 5.86. The van der Waals surface area contributed by atoms with Crippen LogP contribution in [0.2, 0.25) is 0 Å². The number of thiol groups is 1. The van der Waals surface area contributed by atoms with Gasteiger partial charge in [-0.15, -0.1) is 12.6 Å². The lowest BCUT2D eigenvalue weighted by atomic mass is 9.88. The van der Waals surface area contributed by atoms with Gasteiger partial charge in [0.15, 0.2) is 0 Å². The molecule has 1 aromatic carbocycles. The van der Waals surface area contributed by atoms with Crippen molar-refractivity contribution in [3.63, 3.8) is 0 Å². The largest absolute Gasteiger partial charge is 0.325 e. The summed E-state index contributed by atoms with van der Waals surface area (Å²) in [5.74, 6) is 0.350. The highest BCUT2D eigenvalue weighted by molar-refractivity contribution is 7.80. The van der Waals surface area contributed by atoms with Gasteiger partial charge in [0.05, 0.1) is 5.69 Å². The van der Waals surface area contributed by atoms with Crippen LogP contribution >= 0.6 is 12.6 Å². The summed E-state index contributed by atoms with van der Waals surface area (Å²) in [4.78, 5) is 12.8. The zero-order valence-corrected chi connectivity index (χ0v) is 10.2. The van der Waals surface area contributed by atoms with Crippen molar-refractivity contribution in [1.82, 2.24) is 0 Å². The molecule has 0 radical (unpaired) electrons. The van der Waals surface area contributed by atoms with Gasteiger partial charge in [0.2, 0.25) is 5.91 Å². The predicted molar refractivity (Wildman–Crippen MR) is 68.9 cm³/mol.